The highest BCUT2D eigenvalue weighted by molar-refractivity contribution is 6.03. The van der Waals surface area contributed by atoms with Crippen molar-refractivity contribution in [2.24, 2.45) is 0 Å². The van der Waals surface area contributed by atoms with E-state index in [1.807, 2.05) is 0 Å². The summed E-state index contributed by atoms with van der Waals surface area (Å²) in [5.74, 6) is -0.468. The minimum atomic E-state index is -0.297. The number of rotatable bonds is 5. The Kier molecular flexibility index (Phi) is 3.59. The van der Waals surface area contributed by atoms with E-state index in [2.05, 4.69) is 26.2 Å². The van der Waals surface area contributed by atoms with Crippen molar-refractivity contribution in [2.45, 2.75) is 25.4 Å². The van der Waals surface area contributed by atoms with Crippen LogP contribution in [0.15, 0.2) is 30.6 Å². The van der Waals surface area contributed by atoms with Crippen LogP contribution in [-0.2, 0) is 11.3 Å². The number of hydrogen-bond donors (Lipinski definition) is 2. The van der Waals surface area contributed by atoms with Crippen LogP contribution in [0.1, 0.15) is 23.2 Å². The monoisotopic (exact) mass is 286 g/mol. The fourth-order valence-corrected chi connectivity index (χ4v) is 1.87. The van der Waals surface area contributed by atoms with Gasteiger partial charge in [-0.05, 0) is 35.4 Å². The number of benzene rings is 1. The van der Waals surface area contributed by atoms with E-state index in [0.717, 1.165) is 12.8 Å². The molecule has 3 rings (SSSR count). The lowest BCUT2D eigenvalue weighted by molar-refractivity contribution is -0.116. The van der Waals surface area contributed by atoms with Gasteiger partial charge in [-0.25, -0.2) is 4.68 Å². The van der Waals surface area contributed by atoms with Crippen LogP contribution in [0.4, 0.5) is 5.69 Å². The average Bonchev–Trinajstić information content (AvgIpc) is 3.13. The SMILES string of the molecule is O=C(Cn1cnnn1)Nc1ccccc1C(=O)NC1CC1. The molecular formula is C13H14N6O2. The molecule has 1 aromatic heterocycles. The summed E-state index contributed by atoms with van der Waals surface area (Å²) in [5, 5.41) is 16.1. The molecule has 21 heavy (non-hydrogen) atoms. The van der Waals surface area contributed by atoms with Crippen molar-refractivity contribution >= 4 is 17.5 Å². The summed E-state index contributed by atoms with van der Waals surface area (Å²) in [6, 6.07) is 7.17. The molecule has 1 heterocycles. The summed E-state index contributed by atoms with van der Waals surface area (Å²) in [7, 11) is 0. The molecule has 0 bridgehead atoms. The molecule has 1 aliphatic carbocycles. The highest BCUT2D eigenvalue weighted by Crippen LogP contribution is 2.21. The maximum absolute atomic E-state index is 12.1. The number of para-hydroxylation sites is 1. The van der Waals surface area contributed by atoms with Gasteiger partial charge in [-0.2, -0.15) is 0 Å². The fourth-order valence-electron chi connectivity index (χ4n) is 1.87. The van der Waals surface area contributed by atoms with Crippen LogP contribution in [-0.4, -0.2) is 38.1 Å². The van der Waals surface area contributed by atoms with Crippen LogP contribution < -0.4 is 10.6 Å². The first kappa shape index (κ1) is 13.2. The molecule has 0 spiro atoms. The van der Waals surface area contributed by atoms with Crippen LogP contribution in [0.25, 0.3) is 0 Å². The van der Waals surface area contributed by atoms with Gasteiger partial charge < -0.3 is 10.6 Å². The van der Waals surface area contributed by atoms with Gasteiger partial charge in [-0.3, -0.25) is 9.59 Å². The zero-order valence-electron chi connectivity index (χ0n) is 11.2. The van der Waals surface area contributed by atoms with E-state index in [9.17, 15) is 9.59 Å². The van der Waals surface area contributed by atoms with Gasteiger partial charge in [-0.1, -0.05) is 12.1 Å². The first-order valence-corrected chi connectivity index (χ1v) is 6.63. The van der Waals surface area contributed by atoms with Gasteiger partial charge in [-0.15, -0.1) is 5.10 Å². The third kappa shape index (κ3) is 3.41. The lowest BCUT2D eigenvalue weighted by Gasteiger charge is -2.10. The number of anilines is 1. The summed E-state index contributed by atoms with van der Waals surface area (Å²) in [6.07, 6.45) is 3.38. The molecule has 108 valence electrons. The molecule has 8 heteroatoms. The molecule has 1 aromatic carbocycles. The molecule has 0 unspecified atom stereocenters. The molecule has 1 fully saturated rings. The zero-order valence-corrected chi connectivity index (χ0v) is 11.2. The van der Waals surface area contributed by atoms with Crippen molar-refractivity contribution in [2.75, 3.05) is 5.32 Å². The maximum Gasteiger partial charge on any atom is 0.253 e. The van der Waals surface area contributed by atoms with Crippen LogP contribution in [0.5, 0.6) is 0 Å². The summed E-state index contributed by atoms with van der Waals surface area (Å²) in [6.45, 7) is -0.00835. The molecule has 1 saturated carbocycles. The van der Waals surface area contributed by atoms with Crippen LogP contribution in [0.3, 0.4) is 0 Å². The topological polar surface area (TPSA) is 102 Å². The second kappa shape index (κ2) is 5.70. The lowest BCUT2D eigenvalue weighted by atomic mass is 10.1. The van der Waals surface area contributed by atoms with E-state index in [-0.39, 0.29) is 24.4 Å². The van der Waals surface area contributed by atoms with E-state index >= 15 is 0 Å². The largest absolute Gasteiger partial charge is 0.349 e. The Balaban J connectivity index is 1.69. The first-order valence-electron chi connectivity index (χ1n) is 6.63. The molecule has 1 aliphatic rings. The van der Waals surface area contributed by atoms with E-state index in [1.165, 1.54) is 11.0 Å². The van der Waals surface area contributed by atoms with Crippen molar-refractivity contribution in [1.29, 1.82) is 0 Å². The molecular weight excluding hydrogens is 272 g/mol. The number of nitrogens with one attached hydrogen (secondary N) is 2. The third-order valence-electron chi connectivity index (χ3n) is 3.06. The van der Waals surface area contributed by atoms with Gasteiger partial charge in [0, 0.05) is 6.04 Å². The van der Waals surface area contributed by atoms with Crippen molar-refractivity contribution in [3.63, 3.8) is 0 Å². The third-order valence-corrected chi connectivity index (χ3v) is 3.06. The summed E-state index contributed by atoms with van der Waals surface area (Å²) in [5.41, 5.74) is 0.934. The fraction of sp³-hybridized carbons (Fsp3) is 0.308. The first-order chi connectivity index (χ1) is 10.2. The van der Waals surface area contributed by atoms with E-state index < -0.39 is 0 Å². The van der Waals surface area contributed by atoms with Gasteiger partial charge in [0.2, 0.25) is 5.91 Å². The van der Waals surface area contributed by atoms with Crippen molar-refractivity contribution in [1.82, 2.24) is 25.5 Å². The van der Waals surface area contributed by atoms with E-state index in [4.69, 9.17) is 0 Å². The van der Waals surface area contributed by atoms with Crippen molar-refractivity contribution < 1.29 is 9.59 Å². The molecule has 8 nitrogen and oxygen atoms in total. The standard InChI is InChI=1S/C13H14N6O2/c20-12(7-19-8-14-17-18-19)16-11-4-2-1-3-10(11)13(21)15-9-5-6-9/h1-4,8-9H,5-7H2,(H,15,21)(H,16,20). The zero-order chi connectivity index (χ0) is 14.7. The Morgan fingerprint density at radius 1 is 1.29 bits per heavy atom. The maximum atomic E-state index is 12.1. The predicted octanol–water partition coefficient (Wildman–Crippen LogP) is 0.204. The smallest absolute Gasteiger partial charge is 0.253 e. The van der Waals surface area contributed by atoms with Crippen molar-refractivity contribution in [3.8, 4) is 0 Å². The Labute approximate surface area is 120 Å². The Morgan fingerprint density at radius 2 is 2.10 bits per heavy atom. The van der Waals surface area contributed by atoms with E-state index in [1.54, 1.807) is 24.3 Å². The summed E-state index contributed by atoms with van der Waals surface area (Å²) >= 11 is 0. The molecule has 0 aliphatic heterocycles. The number of tetrazole rings is 1. The highest BCUT2D eigenvalue weighted by atomic mass is 16.2. The summed E-state index contributed by atoms with van der Waals surface area (Å²) in [4.78, 5) is 24.0. The van der Waals surface area contributed by atoms with Crippen LogP contribution in [0, 0.1) is 0 Å². The molecule has 2 amide bonds. The molecule has 0 radical (unpaired) electrons. The van der Waals surface area contributed by atoms with Gasteiger partial charge in [0.05, 0.1) is 11.3 Å². The second-order valence-electron chi connectivity index (χ2n) is 4.85. The predicted molar refractivity (Wildman–Crippen MR) is 73.4 cm³/mol. The molecule has 2 aromatic rings. The second-order valence-corrected chi connectivity index (χ2v) is 4.85. The molecule has 0 saturated heterocycles. The van der Waals surface area contributed by atoms with E-state index in [0.29, 0.717) is 11.3 Å². The average molecular weight is 286 g/mol. The highest BCUT2D eigenvalue weighted by Gasteiger charge is 2.25. The van der Waals surface area contributed by atoms with Gasteiger partial charge in [0.15, 0.2) is 0 Å². The van der Waals surface area contributed by atoms with Crippen molar-refractivity contribution in [3.05, 3.63) is 36.2 Å². The Hall–Kier alpha value is -2.77. The van der Waals surface area contributed by atoms with Crippen LogP contribution in [0.2, 0.25) is 0 Å². The number of amides is 2. The van der Waals surface area contributed by atoms with Gasteiger partial charge >= 0.3 is 0 Å². The van der Waals surface area contributed by atoms with Crippen LogP contribution >= 0.6 is 0 Å². The molecule has 2 N–H and O–H groups in total. The van der Waals surface area contributed by atoms with Gasteiger partial charge in [0.25, 0.3) is 5.91 Å². The minimum Gasteiger partial charge on any atom is -0.349 e. The lowest BCUT2D eigenvalue weighted by Crippen LogP contribution is -2.27. The Morgan fingerprint density at radius 3 is 2.81 bits per heavy atom. The number of carbonyl (C=O) groups excluding carboxylic acids is 2. The quantitative estimate of drug-likeness (QED) is 0.817. The number of hydrogen-bond acceptors (Lipinski definition) is 5. The molecule has 0 atom stereocenters. The minimum absolute atomic E-state index is 0.00835. The number of nitrogens with zero attached hydrogens (tertiary/aromatic N) is 4. The Bertz CT molecular complexity index is 650. The number of aromatic nitrogens is 4. The van der Waals surface area contributed by atoms with Gasteiger partial charge in [0.1, 0.15) is 12.9 Å². The normalized spacial score (nSPS) is 13.7. The number of carbonyl (C=O) groups is 2. The summed E-state index contributed by atoms with van der Waals surface area (Å²) < 4.78 is 1.31.